The highest BCUT2D eigenvalue weighted by Crippen LogP contribution is 2.38. The highest BCUT2D eigenvalue weighted by molar-refractivity contribution is 5.99. The predicted molar refractivity (Wildman–Crippen MR) is 144 cm³/mol. The second kappa shape index (κ2) is 10.2. The number of fused-ring (bicyclic) bond motifs is 1. The summed E-state index contributed by atoms with van der Waals surface area (Å²) in [5.74, 6) is -1.35. The lowest BCUT2D eigenvalue weighted by Crippen LogP contribution is -2.40. The molecular weight excluding hydrogens is 453 g/mol. The molecule has 1 saturated carbocycles. The summed E-state index contributed by atoms with van der Waals surface area (Å²) in [5.41, 5.74) is 10.6. The van der Waals surface area contributed by atoms with Gasteiger partial charge in [-0.15, -0.1) is 0 Å². The Morgan fingerprint density at radius 3 is 2.47 bits per heavy atom. The first-order valence-corrected chi connectivity index (χ1v) is 13.6. The molecule has 2 aromatic rings. The lowest BCUT2D eigenvalue weighted by molar-refractivity contribution is 0.0997. The maximum Gasteiger partial charge on any atom is 0.253 e. The van der Waals surface area contributed by atoms with Gasteiger partial charge in [-0.3, -0.25) is 4.79 Å². The van der Waals surface area contributed by atoms with Gasteiger partial charge in [0.2, 0.25) is 0 Å². The van der Waals surface area contributed by atoms with Gasteiger partial charge in [-0.25, -0.2) is 9.07 Å². The lowest BCUT2D eigenvalue weighted by Gasteiger charge is -2.33. The Balaban J connectivity index is 1.60. The quantitative estimate of drug-likeness (QED) is 0.468. The lowest BCUT2D eigenvalue weighted by atomic mass is 9.76. The van der Waals surface area contributed by atoms with Gasteiger partial charge in [0, 0.05) is 30.4 Å². The van der Waals surface area contributed by atoms with E-state index in [-0.39, 0.29) is 22.4 Å². The Bertz CT molecular complexity index is 1110. The minimum Gasteiger partial charge on any atom is -0.382 e. The third-order valence-electron chi connectivity index (χ3n) is 7.78. The summed E-state index contributed by atoms with van der Waals surface area (Å²) in [5, 5.41) is 12.1. The van der Waals surface area contributed by atoms with Crippen LogP contribution >= 0.6 is 0 Å². The first kappa shape index (κ1) is 26.6. The van der Waals surface area contributed by atoms with Gasteiger partial charge < -0.3 is 16.4 Å². The highest BCUT2D eigenvalue weighted by Gasteiger charge is 2.32. The van der Waals surface area contributed by atoms with Gasteiger partial charge in [0.15, 0.2) is 0 Å². The van der Waals surface area contributed by atoms with E-state index in [2.05, 4.69) is 52.2 Å². The van der Waals surface area contributed by atoms with Crippen LogP contribution in [-0.2, 0) is 19.3 Å². The minimum atomic E-state index is -0.750. The molecule has 4 rings (SSSR count). The molecule has 7 heteroatoms. The molecule has 0 atom stereocenters. The molecule has 6 nitrogen and oxygen atoms in total. The van der Waals surface area contributed by atoms with Crippen LogP contribution in [0.1, 0.15) is 101 Å². The first-order valence-electron chi connectivity index (χ1n) is 13.6. The number of aromatic nitrogens is 2. The maximum atomic E-state index is 15.4. The van der Waals surface area contributed by atoms with Crippen molar-refractivity contribution in [1.82, 2.24) is 15.1 Å². The minimum absolute atomic E-state index is 0.0659. The number of amides is 1. The Labute approximate surface area is 215 Å². The Kier molecular flexibility index (Phi) is 7.52. The zero-order valence-corrected chi connectivity index (χ0v) is 22.9. The molecule has 36 heavy (non-hydrogen) atoms. The molecule has 0 aliphatic heterocycles. The van der Waals surface area contributed by atoms with Crippen molar-refractivity contribution in [3.63, 3.8) is 0 Å². The van der Waals surface area contributed by atoms with E-state index in [1.165, 1.54) is 11.6 Å². The summed E-state index contributed by atoms with van der Waals surface area (Å²) >= 11 is 0. The fraction of sp³-hybridized carbons (Fsp3) is 0.655. The fourth-order valence-electron chi connectivity index (χ4n) is 5.70. The van der Waals surface area contributed by atoms with Crippen molar-refractivity contribution in [2.24, 2.45) is 16.6 Å². The van der Waals surface area contributed by atoms with E-state index >= 15 is 4.39 Å². The van der Waals surface area contributed by atoms with Crippen molar-refractivity contribution in [2.45, 2.75) is 105 Å². The van der Waals surface area contributed by atoms with Crippen LogP contribution in [0, 0.1) is 16.6 Å². The molecule has 2 aliphatic carbocycles. The number of hydrogen-bond donors (Lipinski definition) is 3. The maximum absolute atomic E-state index is 15.4. The fourth-order valence-corrected chi connectivity index (χ4v) is 5.70. The largest absolute Gasteiger partial charge is 0.382 e. The molecule has 4 N–H and O–H groups in total. The van der Waals surface area contributed by atoms with Crippen LogP contribution in [0.25, 0.3) is 5.69 Å². The summed E-state index contributed by atoms with van der Waals surface area (Å²) in [6.07, 6.45) is 7.85. The van der Waals surface area contributed by atoms with Gasteiger partial charge in [0.05, 0.1) is 22.6 Å². The third-order valence-corrected chi connectivity index (χ3v) is 7.78. The van der Waals surface area contributed by atoms with E-state index in [1.54, 1.807) is 0 Å². The van der Waals surface area contributed by atoms with Crippen LogP contribution in [0.2, 0.25) is 0 Å². The standard InChI is InChI=1S/C29H44FN5O/c1-7-23-21-12-13-29(5,6)16-25(21)35(34-23)20-14-22(30)26(27(31)36)24(15-20)33-19-10-8-18(9-11-19)32-17-28(2,3)4/h14-15,18-19,32-33H,7-13,16-17H2,1-6H3,(H2,31,36)/t18-,19-. The van der Waals surface area contributed by atoms with Crippen molar-refractivity contribution in [1.29, 1.82) is 0 Å². The summed E-state index contributed by atoms with van der Waals surface area (Å²) in [6.45, 7) is 14.4. The smallest absolute Gasteiger partial charge is 0.253 e. The molecule has 0 bridgehead atoms. The second-order valence-corrected chi connectivity index (χ2v) is 12.8. The highest BCUT2D eigenvalue weighted by atomic mass is 19.1. The number of halogens is 1. The first-order chi connectivity index (χ1) is 16.9. The van der Waals surface area contributed by atoms with Crippen molar-refractivity contribution in [3.05, 3.63) is 40.5 Å². The Morgan fingerprint density at radius 2 is 1.86 bits per heavy atom. The number of carbonyl (C=O) groups excluding carboxylic acids is 1. The topological polar surface area (TPSA) is 85.0 Å². The number of aryl methyl sites for hydroxylation is 1. The molecule has 0 saturated heterocycles. The van der Waals surface area contributed by atoms with E-state index in [4.69, 9.17) is 10.8 Å². The van der Waals surface area contributed by atoms with Crippen molar-refractivity contribution in [3.8, 4) is 5.69 Å². The van der Waals surface area contributed by atoms with Crippen LogP contribution in [0.3, 0.4) is 0 Å². The molecule has 1 aromatic carbocycles. The summed E-state index contributed by atoms with van der Waals surface area (Å²) in [6, 6.07) is 3.93. The summed E-state index contributed by atoms with van der Waals surface area (Å²) < 4.78 is 17.3. The molecular formula is C29H44FN5O. The number of nitrogens with one attached hydrogen (secondary N) is 2. The van der Waals surface area contributed by atoms with Crippen molar-refractivity contribution < 1.29 is 9.18 Å². The van der Waals surface area contributed by atoms with Crippen LogP contribution in [0.5, 0.6) is 0 Å². The Morgan fingerprint density at radius 1 is 1.19 bits per heavy atom. The number of nitrogens with two attached hydrogens (primary N) is 1. The number of carbonyl (C=O) groups is 1. The molecule has 1 heterocycles. The van der Waals surface area contributed by atoms with Crippen LogP contribution in [0.4, 0.5) is 10.1 Å². The molecule has 1 fully saturated rings. The molecule has 198 valence electrons. The number of benzene rings is 1. The van der Waals surface area contributed by atoms with E-state index in [9.17, 15) is 4.79 Å². The average molecular weight is 498 g/mol. The number of nitrogens with zero attached hydrogens (tertiary/aromatic N) is 2. The molecule has 0 radical (unpaired) electrons. The zero-order chi connectivity index (χ0) is 26.3. The molecule has 0 unspecified atom stereocenters. The molecule has 0 spiro atoms. The third kappa shape index (κ3) is 5.93. The number of anilines is 1. The van der Waals surface area contributed by atoms with Crippen molar-refractivity contribution >= 4 is 11.6 Å². The summed E-state index contributed by atoms with van der Waals surface area (Å²) in [7, 11) is 0. The van der Waals surface area contributed by atoms with Crippen LogP contribution in [-0.4, -0.2) is 34.3 Å². The monoisotopic (exact) mass is 497 g/mol. The van der Waals surface area contributed by atoms with E-state index in [1.807, 2.05) is 10.7 Å². The van der Waals surface area contributed by atoms with Gasteiger partial charge >= 0.3 is 0 Å². The number of hydrogen-bond acceptors (Lipinski definition) is 4. The molecule has 1 aromatic heterocycles. The van der Waals surface area contributed by atoms with E-state index in [0.717, 1.165) is 69.3 Å². The van der Waals surface area contributed by atoms with E-state index < -0.39 is 11.7 Å². The molecule has 1 amide bonds. The van der Waals surface area contributed by atoms with Crippen molar-refractivity contribution in [2.75, 3.05) is 11.9 Å². The van der Waals surface area contributed by atoms with Crippen LogP contribution in [0.15, 0.2) is 12.1 Å². The van der Waals surface area contributed by atoms with Gasteiger partial charge in [-0.05, 0) is 73.8 Å². The SMILES string of the molecule is CCc1nn(-c2cc(F)c(C(N)=O)c(N[C@H]3CC[C@H](NCC(C)(C)C)CC3)c2)c2c1CCC(C)(C)C2. The van der Waals surface area contributed by atoms with Crippen LogP contribution < -0.4 is 16.4 Å². The van der Waals surface area contributed by atoms with Gasteiger partial charge in [0.1, 0.15) is 5.82 Å². The second-order valence-electron chi connectivity index (χ2n) is 12.8. The van der Waals surface area contributed by atoms with Gasteiger partial charge in [-0.1, -0.05) is 41.5 Å². The van der Waals surface area contributed by atoms with E-state index in [0.29, 0.717) is 17.4 Å². The average Bonchev–Trinajstić information content (AvgIpc) is 3.14. The predicted octanol–water partition coefficient (Wildman–Crippen LogP) is 5.55. The summed E-state index contributed by atoms with van der Waals surface area (Å²) in [4.78, 5) is 12.2. The van der Waals surface area contributed by atoms with Gasteiger partial charge in [0.25, 0.3) is 5.91 Å². The number of rotatable bonds is 7. The Hall–Kier alpha value is -2.41. The zero-order valence-electron chi connectivity index (χ0n) is 22.9. The molecule has 2 aliphatic rings. The normalized spacial score (nSPS) is 21.8. The van der Waals surface area contributed by atoms with Gasteiger partial charge in [-0.2, -0.15) is 5.10 Å². The number of primary amides is 1.